The van der Waals surface area contributed by atoms with E-state index in [1.165, 1.54) is 0 Å². The Morgan fingerprint density at radius 3 is 3.21 bits per heavy atom. The fourth-order valence-corrected chi connectivity index (χ4v) is 2.19. The first kappa shape index (κ1) is 9.99. The molecule has 2 heterocycles. The van der Waals surface area contributed by atoms with E-state index in [4.69, 9.17) is 16.3 Å². The number of alkyl halides is 1. The Morgan fingerprint density at radius 1 is 1.79 bits per heavy atom. The van der Waals surface area contributed by atoms with Crippen molar-refractivity contribution in [3.8, 4) is 0 Å². The van der Waals surface area contributed by atoms with Gasteiger partial charge in [0.25, 0.3) is 0 Å². The second-order valence-corrected chi connectivity index (χ2v) is 4.46. The maximum atomic E-state index is 6.30. The monoisotopic (exact) mass is 214 g/mol. The van der Waals surface area contributed by atoms with Gasteiger partial charge in [-0.2, -0.15) is 0 Å². The Bertz CT molecular complexity index is 276. The molecule has 0 aromatic carbocycles. The van der Waals surface area contributed by atoms with E-state index in [9.17, 15) is 0 Å². The van der Waals surface area contributed by atoms with Gasteiger partial charge in [0.1, 0.15) is 5.82 Å². The van der Waals surface area contributed by atoms with Crippen LogP contribution in [0.5, 0.6) is 0 Å². The van der Waals surface area contributed by atoms with E-state index < -0.39 is 0 Å². The van der Waals surface area contributed by atoms with Crippen LogP contribution in [0.3, 0.4) is 0 Å². The number of imidazole rings is 1. The predicted octanol–water partition coefficient (Wildman–Crippen LogP) is 1.98. The Balaban J connectivity index is 1.87. The van der Waals surface area contributed by atoms with Gasteiger partial charge in [0.2, 0.25) is 0 Å². The highest BCUT2D eigenvalue weighted by Crippen LogP contribution is 2.27. The molecule has 3 atom stereocenters. The van der Waals surface area contributed by atoms with Crippen molar-refractivity contribution in [1.29, 1.82) is 0 Å². The third-order valence-electron chi connectivity index (χ3n) is 2.68. The minimum absolute atomic E-state index is 0.131. The number of ether oxygens (including phenoxy) is 1. The van der Waals surface area contributed by atoms with Crippen molar-refractivity contribution in [2.24, 2.45) is 5.92 Å². The Hall–Kier alpha value is -0.540. The van der Waals surface area contributed by atoms with Gasteiger partial charge in [0, 0.05) is 30.1 Å². The van der Waals surface area contributed by atoms with E-state index in [1.807, 2.05) is 6.20 Å². The summed E-state index contributed by atoms with van der Waals surface area (Å²) < 4.78 is 5.49. The maximum Gasteiger partial charge on any atom is 0.107 e. The summed E-state index contributed by atoms with van der Waals surface area (Å²) in [6.45, 7) is 2.88. The number of hydrogen-bond acceptors (Lipinski definition) is 2. The number of H-pyrrole nitrogens is 1. The molecule has 2 rings (SSSR count). The number of nitrogens with one attached hydrogen (secondary N) is 1. The molecule has 3 nitrogen and oxygen atoms in total. The highest BCUT2D eigenvalue weighted by molar-refractivity contribution is 6.20. The van der Waals surface area contributed by atoms with E-state index in [1.54, 1.807) is 6.20 Å². The van der Waals surface area contributed by atoms with Gasteiger partial charge in [-0.1, -0.05) is 0 Å². The lowest BCUT2D eigenvalue weighted by atomic mass is 9.99. The van der Waals surface area contributed by atoms with E-state index >= 15 is 0 Å². The summed E-state index contributed by atoms with van der Waals surface area (Å²) in [6, 6.07) is 0. The number of aromatic amines is 1. The number of halogens is 1. The van der Waals surface area contributed by atoms with Gasteiger partial charge in [0.05, 0.1) is 12.7 Å². The van der Waals surface area contributed by atoms with Gasteiger partial charge in [-0.3, -0.25) is 0 Å². The van der Waals surface area contributed by atoms with Crippen molar-refractivity contribution >= 4 is 11.6 Å². The molecule has 1 N–H and O–H groups in total. The average Bonchev–Trinajstić information content (AvgIpc) is 2.75. The predicted molar refractivity (Wildman–Crippen MR) is 55.5 cm³/mol. The van der Waals surface area contributed by atoms with Crippen LogP contribution in [0.2, 0.25) is 0 Å². The lowest BCUT2D eigenvalue weighted by Crippen LogP contribution is -2.18. The largest absolute Gasteiger partial charge is 0.378 e. The van der Waals surface area contributed by atoms with Crippen LogP contribution >= 0.6 is 11.6 Å². The van der Waals surface area contributed by atoms with Gasteiger partial charge in [-0.15, -0.1) is 11.6 Å². The normalized spacial score (nSPS) is 29.3. The number of nitrogens with zero attached hydrogens (tertiary/aromatic N) is 1. The van der Waals surface area contributed by atoms with E-state index in [-0.39, 0.29) is 5.38 Å². The van der Waals surface area contributed by atoms with Gasteiger partial charge in [-0.05, 0) is 13.3 Å². The van der Waals surface area contributed by atoms with Crippen LogP contribution in [0.15, 0.2) is 12.4 Å². The van der Waals surface area contributed by atoms with Gasteiger partial charge >= 0.3 is 0 Å². The Kier molecular flexibility index (Phi) is 3.08. The summed E-state index contributed by atoms with van der Waals surface area (Å²) in [7, 11) is 0. The second kappa shape index (κ2) is 4.32. The van der Waals surface area contributed by atoms with Crippen LogP contribution in [0.4, 0.5) is 0 Å². The molecule has 3 unspecified atom stereocenters. The van der Waals surface area contributed by atoms with Crippen molar-refractivity contribution in [2.75, 3.05) is 6.61 Å². The quantitative estimate of drug-likeness (QED) is 0.782. The van der Waals surface area contributed by atoms with E-state index in [0.29, 0.717) is 12.0 Å². The molecule has 1 aromatic rings. The summed E-state index contributed by atoms with van der Waals surface area (Å²) in [6.07, 6.45) is 5.81. The molecular formula is C10H15ClN2O. The molecule has 1 aliphatic heterocycles. The van der Waals surface area contributed by atoms with Crippen molar-refractivity contribution in [3.63, 3.8) is 0 Å². The fourth-order valence-electron chi connectivity index (χ4n) is 1.86. The van der Waals surface area contributed by atoms with Crippen molar-refractivity contribution in [2.45, 2.75) is 31.2 Å². The van der Waals surface area contributed by atoms with Gasteiger partial charge in [-0.25, -0.2) is 4.98 Å². The zero-order chi connectivity index (χ0) is 9.97. The lowest BCUT2D eigenvalue weighted by molar-refractivity contribution is 0.119. The molecule has 4 heteroatoms. The highest BCUT2D eigenvalue weighted by Gasteiger charge is 2.28. The minimum Gasteiger partial charge on any atom is -0.378 e. The zero-order valence-electron chi connectivity index (χ0n) is 8.24. The topological polar surface area (TPSA) is 37.9 Å². The molecular weight excluding hydrogens is 200 g/mol. The Morgan fingerprint density at radius 2 is 2.64 bits per heavy atom. The summed E-state index contributed by atoms with van der Waals surface area (Å²) >= 11 is 6.30. The smallest absolute Gasteiger partial charge is 0.107 e. The molecule has 0 saturated carbocycles. The zero-order valence-corrected chi connectivity index (χ0v) is 9.00. The van der Waals surface area contributed by atoms with Crippen molar-refractivity contribution < 1.29 is 4.74 Å². The third-order valence-corrected chi connectivity index (χ3v) is 3.19. The molecule has 0 bridgehead atoms. The Labute approximate surface area is 88.8 Å². The van der Waals surface area contributed by atoms with E-state index in [0.717, 1.165) is 25.3 Å². The summed E-state index contributed by atoms with van der Waals surface area (Å²) in [5, 5.41) is 0.131. The standard InChI is InChI=1S/C10H15ClN2O/c1-7-4-8(6-14-7)9(11)5-10-12-2-3-13-10/h2-3,7-9H,4-6H2,1H3,(H,12,13). The molecule has 0 aliphatic carbocycles. The van der Waals surface area contributed by atoms with Crippen LogP contribution in [0.1, 0.15) is 19.2 Å². The molecule has 78 valence electrons. The molecule has 1 aromatic heterocycles. The third kappa shape index (κ3) is 2.28. The average molecular weight is 215 g/mol. The fraction of sp³-hybridized carbons (Fsp3) is 0.700. The molecule has 0 radical (unpaired) electrons. The van der Waals surface area contributed by atoms with Crippen LogP contribution in [-0.2, 0) is 11.2 Å². The molecule has 1 aliphatic rings. The second-order valence-electron chi connectivity index (χ2n) is 3.90. The molecule has 14 heavy (non-hydrogen) atoms. The SMILES string of the molecule is CC1CC(C(Cl)Cc2ncc[nH]2)CO1. The molecule has 0 amide bonds. The van der Waals surface area contributed by atoms with E-state index in [2.05, 4.69) is 16.9 Å². The molecule has 1 fully saturated rings. The van der Waals surface area contributed by atoms with Gasteiger partial charge < -0.3 is 9.72 Å². The van der Waals surface area contributed by atoms with Crippen LogP contribution in [-0.4, -0.2) is 28.1 Å². The van der Waals surface area contributed by atoms with Crippen LogP contribution in [0, 0.1) is 5.92 Å². The molecule has 0 spiro atoms. The number of aromatic nitrogens is 2. The maximum absolute atomic E-state index is 6.30. The minimum atomic E-state index is 0.131. The first-order valence-electron chi connectivity index (χ1n) is 4.99. The first-order chi connectivity index (χ1) is 6.75. The lowest BCUT2D eigenvalue weighted by Gasteiger charge is -2.13. The number of hydrogen-bond donors (Lipinski definition) is 1. The van der Waals surface area contributed by atoms with Crippen molar-refractivity contribution in [1.82, 2.24) is 9.97 Å². The number of rotatable bonds is 3. The van der Waals surface area contributed by atoms with Crippen LogP contribution in [0.25, 0.3) is 0 Å². The summed E-state index contributed by atoms with van der Waals surface area (Å²) in [5.41, 5.74) is 0. The summed E-state index contributed by atoms with van der Waals surface area (Å²) in [5.74, 6) is 1.43. The molecule has 1 saturated heterocycles. The summed E-state index contributed by atoms with van der Waals surface area (Å²) in [4.78, 5) is 7.23. The van der Waals surface area contributed by atoms with Crippen LogP contribution < -0.4 is 0 Å². The van der Waals surface area contributed by atoms with Crippen molar-refractivity contribution in [3.05, 3.63) is 18.2 Å². The first-order valence-corrected chi connectivity index (χ1v) is 5.43. The van der Waals surface area contributed by atoms with Gasteiger partial charge in [0.15, 0.2) is 0 Å². The highest BCUT2D eigenvalue weighted by atomic mass is 35.5.